The molecule has 1 saturated carbocycles. The quantitative estimate of drug-likeness (QED) is 0.730. The second-order valence-corrected chi connectivity index (χ2v) is 6.55. The lowest BCUT2D eigenvalue weighted by atomic mass is 10.1. The molecule has 1 aliphatic heterocycles. The Hall–Kier alpha value is -0.130. The van der Waals surface area contributed by atoms with Crippen LogP contribution >= 0.6 is 0 Å². The van der Waals surface area contributed by atoms with Gasteiger partial charge in [-0.15, -0.1) is 0 Å². The van der Waals surface area contributed by atoms with E-state index in [1.54, 1.807) is 4.31 Å². The summed E-state index contributed by atoms with van der Waals surface area (Å²) >= 11 is 0. The predicted molar refractivity (Wildman–Crippen MR) is 55.3 cm³/mol. The first-order valence-corrected chi connectivity index (χ1v) is 6.84. The molecule has 1 heterocycles. The Kier molecular flexibility index (Phi) is 2.81. The standard InChI is InChI=1S/C9H18N2O2S/c10-5-3-8-4-6-11(7-8)14(12,13)9-1-2-9/h8-9H,1-7,10H2. The largest absolute Gasteiger partial charge is 0.330 e. The van der Waals surface area contributed by atoms with E-state index in [1.165, 1.54) is 0 Å². The topological polar surface area (TPSA) is 63.4 Å². The zero-order valence-electron chi connectivity index (χ0n) is 8.35. The van der Waals surface area contributed by atoms with Crippen LogP contribution in [0, 0.1) is 5.92 Å². The summed E-state index contributed by atoms with van der Waals surface area (Å²) in [7, 11) is -2.92. The number of hydrogen-bond donors (Lipinski definition) is 1. The molecule has 2 fully saturated rings. The summed E-state index contributed by atoms with van der Waals surface area (Å²) in [6, 6.07) is 0. The molecule has 1 atom stereocenters. The van der Waals surface area contributed by atoms with Crippen LogP contribution in [-0.2, 0) is 10.0 Å². The van der Waals surface area contributed by atoms with Gasteiger partial charge >= 0.3 is 0 Å². The van der Waals surface area contributed by atoms with E-state index in [1.807, 2.05) is 0 Å². The monoisotopic (exact) mass is 218 g/mol. The van der Waals surface area contributed by atoms with Crippen LogP contribution in [-0.4, -0.2) is 37.6 Å². The van der Waals surface area contributed by atoms with E-state index in [-0.39, 0.29) is 5.25 Å². The third-order valence-electron chi connectivity index (χ3n) is 3.13. The van der Waals surface area contributed by atoms with Crippen molar-refractivity contribution in [1.82, 2.24) is 4.31 Å². The molecular formula is C9H18N2O2S. The van der Waals surface area contributed by atoms with E-state index in [9.17, 15) is 8.42 Å². The number of sulfonamides is 1. The van der Waals surface area contributed by atoms with E-state index in [2.05, 4.69) is 0 Å². The van der Waals surface area contributed by atoms with Crippen LogP contribution in [0.2, 0.25) is 0 Å². The average Bonchev–Trinajstić information content (AvgIpc) is 2.89. The van der Waals surface area contributed by atoms with Crippen molar-refractivity contribution in [2.45, 2.75) is 30.9 Å². The maximum absolute atomic E-state index is 11.8. The zero-order valence-corrected chi connectivity index (χ0v) is 9.17. The first kappa shape index (κ1) is 10.4. The summed E-state index contributed by atoms with van der Waals surface area (Å²) in [5.74, 6) is 0.494. The maximum Gasteiger partial charge on any atom is 0.216 e. The normalized spacial score (nSPS) is 29.6. The fourth-order valence-corrected chi connectivity index (χ4v) is 4.01. The Morgan fingerprint density at radius 1 is 1.29 bits per heavy atom. The van der Waals surface area contributed by atoms with E-state index < -0.39 is 10.0 Å². The third kappa shape index (κ3) is 1.94. The maximum atomic E-state index is 11.8. The van der Waals surface area contributed by atoms with Crippen molar-refractivity contribution in [2.24, 2.45) is 11.7 Å². The zero-order chi connectivity index (χ0) is 10.2. The van der Waals surface area contributed by atoms with E-state index in [0.717, 1.165) is 25.7 Å². The minimum absolute atomic E-state index is 0.0564. The summed E-state index contributed by atoms with van der Waals surface area (Å²) in [5.41, 5.74) is 5.47. The average molecular weight is 218 g/mol. The van der Waals surface area contributed by atoms with Gasteiger partial charge in [0, 0.05) is 13.1 Å². The van der Waals surface area contributed by atoms with Crippen LogP contribution in [0.4, 0.5) is 0 Å². The first-order chi connectivity index (χ1) is 6.64. The van der Waals surface area contributed by atoms with Crippen LogP contribution < -0.4 is 5.73 Å². The summed E-state index contributed by atoms with van der Waals surface area (Å²) in [6.45, 7) is 2.08. The van der Waals surface area contributed by atoms with E-state index in [4.69, 9.17) is 5.73 Å². The van der Waals surface area contributed by atoms with Gasteiger partial charge in [0.1, 0.15) is 0 Å². The minimum atomic E-state index is -2.92. The Morgan fingerprint density at radius 3 is 2.57 bits per heavy atom. The summed E-state index contributed by atoms with van der Waals surface area (Å²) in [5, 5.41) is -0.0564. The highest BCUT2D eigenvalue weighted by Gasteiger charge is 2.42. The molecule has 2 rings (SSSR count). The van der Waals surface area contributed by atoms with Crippen molar-refractivity contribution in [2.75, 3.05) is 19.6 Å². The van der Waals surface area contributed by atoms with Crippen LogP contribution in [0.5, 0.6) is 0 Å². The van der Waals surface area contributed by atoms with Crippen molar-refractivity contribution in [3.8, 4) is 0 Å². The first-order valence-electron chi connectivity index (χ1n) is 5.33. The summed E-state index contributed by atoms with van der Waals surface area (Å²) in [6.07, 6.45) is 3.67. The van der Waals surface area contributed by atoms with Crippen LogP contribution in [0.25, 0.3) is 0 Å². The number of rotatable bonds is 4. The van der Waals surface area contributed by atoms with Crippen molar-refractivity contribution in [3.63, 3.8) is 0 Å². The molecule has 0 bridgehead atoms. The van der Waals surface area contributed by atoms with Crippen molar-refractivity contribution >= 4 is 10.0 Å². The van der Waals surface area contributed by atoms with Gasteiger partial charge in [-0.2, -0.15) is 0 Å². The number of nitrogens with two attached hydrogens (primary N) is 1. The van der Waals surface area contributed by atoms with Crippen molar-refractivity contribution in [3.05, 3.63) is 0 Å². The van der Waals surface area contributed by atoms with Gasteiger partial charge in [-0.05, 0) is 38.1 Å². The molecule has 0 radical (unpaired) electrons. The minimum Gasteiger partial charge on any atom is -0.330 e. The smallest absolute Gasteiger partial charge is 0.216 e. The second-order valence-electron chi connectivity index (χ2n) is 4.33. The van der Waals surface area contributed by atoms with Gasteiger partial charge in [-0.3, -0.25) is 0 Å². The van der Waals surface area contributed by atoms with Gasteiger partial charge in [-0.25, -0.2) is 12.7 Å². The predicted octanol–water partition coefficient (Wildman–Crippen LogP) is 0.149. The molecule has 0 aromatic heterocycles. The van der Waals surface area contributed by atoms with Gasteiger partial charge in [0.05, 0.1) is 5.25 Å². The summed E-state index contributed by atoms with van der Waals surface area (Å²) in [4.78, 5) is 0. The molecule has 0 aromatic carbocycles. The molecule has 1 saturated heterocycles. The van der Waals surface area contributed by atoms with Gasteiger partial charge in [0.2, 0.25) is 10.0 Å². The Labute approximate surface area is 85.5 Å². The van der Waals surface area contributed by atoms with Crippen LogP contribution in [0.15, 0.2) is 0 Å². The SMILES string of the molecule is NCCC1CCN(S(=O)(=O)C2CC2)C1. The summed E-state index contributed by atoms with van der Waals surface area (Å²) < 4.78 is 25.4. The fraction of sp³-hybridized carbons (Fsp3) is 1.00. The molecule has 0 aromatic rings. The molecule has 0 amide bonds. The molecule has 5 heteroatoms. The van der Waals surface area contributed by atoms with E-state index >= 15 is 0 Å². The molecule has 1 unspecified atom stereocenters. The van der Waals surface area contributed by atoms with Gasteiger partial charge in [-0.1, -0.05) is 0 Å². The Balaban J connectivity index is 1.94. The van der Waals surface area contributed by atoms with Crippen molar-refractivity contribution in [1.29, 1.82) is 0 Å². The lowest BCUT2D eigenvalue weighted by Crippen LogP contribution is -2.31. The highest BCUT2D eigenvalue weighted by Crippen LogP contribution is 2.34. The van der Waals surface area contributed by atoms with Gasteiger partial charge in [0.25, 0.3) is 0 Å². The molecule has 4 nitrogen and oxygen atoms in total. The molecule has 0 spiro atoms. The highest BCUT2D eigenvalue weighted by molar-refractivity contribution is 7.90. The lowest BCUT2D eigenvalue weighted by Gasteiger charge is -2.15. The molecule has 1 aliphatic carbocycles. The molecular weight excluding hydrogens is 200 g/mol. The highest BCUT2D eigenvalue weighted by atomic mass is 32.2. The number of hydrogen-bond acceptors (Lipinski definition) is 3. The molecule has 14 heavy (non-hydrogen) atoms. The third-order valence-corrected chi connectivity index (χ3v) is 5.49. The Bertz CT molecular complexity index is 298. The van der Waals surface area contributed by atoms with E-state index in [0.29, 0.717) is 25.6 Å². The number of nitrogens with zero attached hydrogens (tertiary/aromatic N) is 1. The van der Waals surface area contributed by atoms with Gasteiger partial charge < -0.3 is 5.73 Å². The molecule has 82 valence electrons. The Morgan fingerprint density at radius 2 is 2.00 bits per heavy atom. The molecule has 2 N–H and O–H groups in total. The second kappa shape index (κ2) is 3.79. The van der Waals surface area contributed by atoms with Crippen molar-refractivity contribution < 1.29 is 8.42 Å². The lowest BCUT2D eigenvalue weighted by molar-refractivity contribution is 0.448. The van der Waals surface area contributed by atoms with Crippen LogP contribution in [0.1, 0.15) is 25.7 Å². The molecule has 2 aliphatic rings. The van der Waals surface area contributed by atoms with Gasteiger partial charge in [0.15, 0.2) is 0 Å². The fourth-order valence-electron chi connectivity index (χ4n) is 2.08. The van der Waals surface area contributed by atoms with Crippen LogP contribution in [0.3, 0.4) is 0 Å².